The van der Waals surface area contributed by atoms with Crippen LogP contribution in [0.25, 0.3) is 0 Å². The number of hydrogen-bond acceptors (Lipinski definition) is 2. The first-order valence-corrected chi connectivity index (χ1v) is 5.34. The van der Waals surface area contributed by atoms with Crippen LogP contribution in [0.15, 0.2) is 0 Å². The maximum atomic E-state index is 9.98. The van der Waals surface area contributed by atoms with Gasteiger partial charge in [0.15, 0.2) is 0 Å². The lowest BCUT2D eigenvalue weighted by Gasteiger charge is -2.14. The van der Waals surface area contributed by atoms with Gasteiger partial charge in [0.05, 0.1) is 0 Å². The van der Waals surface area contributed by atoms with Gasteiger partial charge in [0, 0.05) is 12.6 Å². The molecule has 0 aromatic rings. The van der Waals surface area contributed by atoms with Crippen molar-refractivity contribution in [3.63, 3.8) is 0 Å². The number of carbonyl (C=O) groups is 1. The highest BCUT2D eigenvalue weighted by Crippen LogP contribution is 2.11. The highest BCUT2D eigenvalue weighted by atomic mass is 16.1. The molecule has 0 bridgehead atoms. The lowest BCUT2D eigenvalue weighted by atomic mass is 10.1. The second kappa shape index (κ2) is 6.89. The van der Waals surface area contributed by atoms with Gasteiger partial charge in [0.1, 0.15) is 0 Å². The zero-order chi connectivity index (χ0) is 9.36. The number of rotatable bonds is 5. The van der Waals surface area contributed by atoms with Gasteiger partial charge >= 0.3 is 0 Å². The van der Waals surface area contributed by atoms with Gasteiger partial charge in [-0.25, -0.2) is 0 Å². The Hall–Kier alpha value is -0.570. The standard InChI is InChI=1S/C10H20N2O/c13-9-11-7-4-6-10-5-2-1-3-8-12-10/h9-10,12H,1-8H2,(H,11,13). The van der Waals surface area contributed by atoms with Crippen LogP contribution in [0.4, 0.5) is 0 Å². The molecule has 3 heteroatoms. The van der Waals surface area contributed by atoms with Crippen molar-refractivity contribution in [3.8, 4) is 0 Å². The van der Waals surface area contributed by atoms with E-state index in [0.29, 0.717) is 6.04 Å². The molecule has 1 aliphatic heterocycles. The number of amides is 1. The Morgan fingerprint density at radius 3 is 3.15 bits per heavy atom. The van der Waals surface area contributed by atoms with E-state index in [2.05, 4.69) is 10.6 Å². The minimum absolute atomic E-state index is 0.691. The topological polar surface area (TPSA) is 41.1 Å². The van der Waals surface area contributed by atoms with Gasteiger partial charge in [0.2, 0.25) is 6.41 Å². The highest BCUT2D eigenvalue weighted by molar-refractivity contribution is 5.45. The van der Waals surface area contributed by atoms with Crippen molar-refractivity contribution in [1.82, 2.24) is 10.6 Å². The van der Waals surface area contributed by atoms with Crippen LogP contribution in [0.1, 0.15) is 38.5 Å². The van der Waals surface area contributed by atoms with Crippen LogP contribution in [0.3, 0.4) is 0 Å². The fourth-order valence-electron chi connectivity index (χ4n) is 1.86. The summed E-state index contributed by atoms with van der Waals surface area (Å²) < 4.78 is 0. The summed E-state index contributed by atoms with van der Waals surface area (Å²) in [6, 6.07) is 0.691. The zero-order valence-corrected chi connectivity index (χ0v) is 8.22. The van der Waals surface area contributed by atoms with E-state index in [-0.39, 0.29) is 0 Å². The van der Waals surface area contributed by atoms with Gasteiger partial charge in [-0.15, -0.1) is 0 Å². The molecule has 13 heavy (non-hydrogen) atoms. The summed E-state index contributed by atoms with van der Waals surface area (Å²) in [4.78, 5) is 9.98. The van der Waals surface area contributed by atoms with Crippen molar-refractivity contribution in [1.29, 1.82) is 0 Å². The molecule has 1 unspecified atom stereocenters. The average molecular weight is 184 g/mol. The van der Waals surface area contributed by atoms with Crippen molar-refractivity contribution in [2.24, 2.45) is 0 Å². The van der Waals surface area contributed by atoms with Gasteiger partial charge in [-0.2, -0.15) is 0 Å². The molecule has 0 aromatic carbocycles. The summed E-state index contributed by atoms with van der Waals surface area (Å²) >= 11 is 0. The Labute approximate surface area is 80.3 Å². The highest BCUT2D eigenvalue weighted by Gasteiger charge is 2.09. The molecule has 1 amide bonds. The van der Waals surface area contributed by atoms with Gasteiger partial charge in [-0.05, 0) is 32.2 Å². The Balaban J connectivity index is 2.01. The van der Waals surface area contributed by atoms with Gasteiger partial charge in [0.25, 0.3) is 0 Å². The molecule has 0 aliphatic carbocycles. The van der Waals surface area contributed by atoms with E-state index in [9.17, 15) is 4.79 Å². The van der Waals surface area contributed by atoms with Crippen LogP contribution >= 0.6 is 0 Å². The largest absolute Gasteiger partial charge is 0.359 e. The number of hydrogen-bond donors (Lipinski definition) is 2. The maximum absolute atomic E-state index is 9.98. The Bertz CT molecular complexity index is 131. The zero-order valence-electron chi connectivity index (χ0n) is 8.22. The molecule has 1 saturated heterocycles. The SMILES string of the molecule is O=CNCCCC1CCCCCN1. The van der Waals surface area contributed by atoms with E-state index in [1.807, 2.05) is 0 Å². The molecule has 0 spiro atoms. The molecule has 0 saturated carbocycles. The Morgan fingerprint density at radius 2 is 2.31 bits per heavy atom. The molecule has 1 aliphatic rings. The molecular weight excluding hydrogens is 164 g/mol. The summed E-state index contributed by atoms with van der Waals surface area (Å²) in [5.41, 5.74) is 0. The fourth-order valence-corrected chi connectivity index (χ4v) is 1.86. The van der Waals surface area contributed by atoms with E-state index in [1.54, 1.807) is 0 Å². The van der Waals surface area contributed by atoms with Crippen LogP contribution in [0, 0.1) is 0 Å². The molecule has 1 heterocycles. The van der Waals surface area contributed by atoms with Gasteiger partial charge in [-0.1, -0.05) is 12.8 Å². The molecule has 3 nitrogen and oxygen atoms in total. The predicted octanol–water partition coefficient (Wildman–Crippen LogP) is 1.04. The van der Waals surface area contributed by atoms with Crippen LogP contribution in [0.2, 0.25) is 0 Å². The summed E-state index contributed by atoms with van der Waals surface area (Å²) in [6.07, 6.45) is 8.43. The summed E-state index contributed by atoms with van der Waals surface area (Å²) in [5, 5.41) is 6.24. The van der Waals surface area contributed by atoms with E-state index in [0.717, 1.165) is 19.4 Å². The lowest BCUT2D eigenvalue weighted by molar-refractivity contribution is -0.109. The maximum Gasteiger partial charge on any atom is 0.207 e. The molecule has 2 N–H and O–H groups in total. The molecular formula is C10H20N2O. The van der Waals surface area contributed by atoms with E-state index in [1.165, 1.54) is 38.6 Å². The summed E-state index contributed by atoms with van der Waals surface area (Å²) in [5.74, 6) is 0. The predicted molar refractivity (Wildman–Crippen MR) is 53.6 cm³/mol. The quantitative estimate of drug-likeness (QED) is 0.495. The lowest BCUT2D eigenvalue weighted by Crippen LogP contribution is -2.29. The van der Waals surface area contributed by atoms with E-state index < -0.39 is 0 Å². The number of carbonyl (C=O) groups excluding carboxylic acids is 1. The normalized spacial score (nSPS) is 23.5. The minimum Gasteiger partial charge on any atom is -0.359 e. The Kier molecular flexibility index (Phi) is 5.57. The number of nitrogens with one attached hydrogen (secondary N) is 2. The second-order valence-electron chi connectivity index (χ2n) is 3.71. The second-order valence-corrected chi connectivity index (χ2v) is 3.71. The third kappa shape index (κ3) is 4.88. The smallest absolute Gasteiger partial charge is 0.207 e. The first-order valence-electron chi connectivity index (χ1n) is 5.34. The average Bonchev–Trinajstić information content (AvgIpc) is 2.41. The van der Waals surface area contributed by atoms with Crippen molar-refractivity contribution in [2.75, 3.05) is 13.1 Å². The van der Waals surface area contributed by atoms with Gasteiger partial charge < -0.3 is 10.6 Å². The molecule has 0 aromatic heterocycles. The first kappa shape index (κ1) is 10.5. The van der Waals surface area contributed by atoms with Crippen LogP contribution in [-0.4, -0.2) is 25.5 Å². The molecule has 1 atom stereocenters. The van der Waals surface area contributed by atoms with Gasteiger partial charge in [-0.3, -0.25) is 4.79 Å². The minimum atomic E-state index is 0.691. The van der Waals surface area contributed by atoms with Crippen molar-refractivity contribution >= 4 is 6.41 Å². The van der Waals surface area contributed by atoms with E-state index >= 15 is 0 Å². The monoisotopic (exact) mass is 184 g/mol. The molecule has 1 fully saturated rings. The summed E-state index contributed by atoms with van der Waals surface area (Å²) in [6.45, 7) is 1.99. The van der Waals surface area contributed by atoms with Crippen LogP contribution in [-0.2, 0) is 4.79 Å². The summed E-state index contributed by atoms with van der Waals surface area (Å²) in [7, 11) is 0. The molecule has 0 radical (unpaired) electrons. The molecule has 76 valence electrons. The molecule has 1 rings (SSSR count). The third-order valence-corrected chi connectivity index (χ3v) is 2.62. The van der Waals surface area contributed by atoms with Crippen molar-refractivity contribution in [2.45, 2.75) is 44.6 Å². The fraction of sp³-hybridized carbons (Fsp3) is 0.900. The van der Waals surface area contributed by atoms with Crippen LogP contribution < -0.4 is 10.6 Å². The van der Waals surface area contributed by atoms with Crippen molar-refractivity contribution in [3.05, 3.63) is 0 Å². The third-order valence-electron chi connectivity index (χ3n) is 2.62. The van der Waals surface area contributed by atoms with Crippen molar-refractivity contribution < 1.29 is 4.79 Å². The van der Waals surface area contributed by atoms with Crippen LogP contribution in [0.5, 0.6) is 0 Å². The van der Waals surface area contributed by atoms with E-state index in [4.69, 9.17) is 0 Å². The first-order chi connectivity index (χ1) is 6.43. The Morgan fingerprint density at radius 1 is 1.38 bits per heavy atom.